The lowest BCUT2D eigenvalue weighted by Gasteiger charge is -2.36. The number of ether oxygens (including phenoxy) is 2. The molecule has 0 saturated heterocycles. The van der Waals surface area contributed by atoms with Crippen molar-refractivity contribution in [3.05, 3.63) is 48.0 Å². The summed E-state index contributed by atoms with van der Waals surface area (Å²) >= 11 is 0. The van der Waals surface area contributed by atoms with E-state index >= 15 is 0 Å². The Morgan fingerprint density at radius 1 is 1.26 bits per heavy atom. The van der Waals surface area contributed by atoms with Crippen LogP contribution in [0.3, 0.4) is 0 Å². The molecule has 2 N–H and O–H groups in total. The Bertz CT molecular complexity index is 674. The molecule has 5 nitrogen and oxygen atoms in total. The minimum absolute atomic E-state index is 0.0711. The monoisotopic (exact) mass is 315 g/mol. The summed E-state index contributed by atoms with van der Waals surface area (Å²) < 4.78 is 11.5. The molecular formula is C18H21NO4. The molecule has 0 fully saturated rings. The third-order valence-corrected chi connectivity index (χ3v) is 4.01. The molecule has 2 aromatic rings. The Kier molecular flexibility index (Phi) is 4.57. The Labute approximate surface area is 135 Å². The molecule has 1 aliphatic rings. The third-order valence-electron chi connectivity index (χ3n) is 4.01. The van der Waals surface area contributed by atoms with Crippen LogP contribution in [0.5, 0.6) is 17.2 Å². The van der Waals surface area contributed by atoms with E-state index in [4.69, 9.17) is 9.47 Å². The van der Waals surface area contributed by atoms with Crippen molar-refractivity contribution in [2.75, 3.05) is 31.7 Å². The first-order valence-corrected chi connectivity index (χ1v) is 7.68. The maximum Gasteiger partial charge on any atom is 0.146 e. The van der Waals surface area contributed by atoms with E-state index in [9.17, 15) is 10.2 Å². The molecule has 1 unspecified atom stereocenters. The van der Waals surface area contributed by atoms with Gasteiger partial charge in [-0.2, -0.15) is 0 Å². The van der Waals surface area contributed by atoms with Gasteiger partial charge >= 0.3 is 0 Å². The fourth-order valence-corrected chi connectivity index (χ4v) is 2.97. The number of nitrogens with zero attached hydrogens (tertiary/aromatic N) is 1. The summed E-state index contributed by atoms with van der Waals surface area (Å²) in [6.07, 6.45) is 0.619. The third kappa shape index (κ3) is 3.35. The van der Waals surface area contributed by atoms with Gasteiger partial charge in [0.25, 0.3) is 0 Å². The summed E-state index contributed by atoms with van der Waals surface area (Å²) in [5.41, 5.74) is 1.97. The highest BCUT2D eigenvalue weighted by Gasteiger charge is 2.26. The second-order valence-corrected chi connectivity index (χ2v) is 5.58. The highest BCUT2D eigenvalue weighted by atomic mass is 16.5. The van der Waals surface area contributed by atoms with Gasteiger partial charge in [-0.05, 0) is 23.8 Å². The number of aliphatic hydroxyl groups is 1. The van der Waals surface area contributed by atoms with Crippen molar-refractivity contribution in [1.29, 1.82) is 0 Å². The zero-order valence-electron chi connectivity index (χ0n) is 13.1. The zero-order valence-corrected chi connectivity index (χ0v) is 13.1. The van der Waals surface area contributed by atoms with Gasteiger partial charge in [0.1, 0.15) is 23.4 Å². The lowest BCUT2D eigenvalue weighted by atomic mass is 10.0. The van der Waals surface area contributed by atoms with Crippen LogP contribution in [-0.4, -0.2) is 43.1 Å². The second kappa shape index (κ2) is 6.79. The topological polar surface area (TPSA) is 62.2 Å². The average Bonchev–Trinajstić information content (AvgIpc) is 2.55. The number of hydrogen-bond donors (Lipinski definition) is 2. The molecule has 0 aliphatic carbocycles. The predicted octanol–water partition coefficient (Wildman–Crippen LogP) is 2.20. The molecule has 0 amide bonds. The van der Waals surface area contributed by atoms with Crippen molar-refractivity contribution >= 4 is 5.69 Å². The number of phenolic OH excluding ortho intramolecular Hbond substituents is 1. The van der Waals surface area contributed by atoms with Crippen molar-refractivity contribution in [3.63, 3.8) is 0 Å². The number of para-hydroxylation sites is 1. The van der Waals surface area contributed by atoms with E-state index in [0.717, 1.165) is 17.0 Å². The summed E-state index contributed by atoms with van der Waals surface area (Å²) in [6, 6.07) is 12.9. The lowest BCUT2D eigenvalue weighted by molar-refractivity contribution is 0.187. The predicted molar refractivity (Wildman–Crippen MR) is 88.5 cm³/mol. The molecule has 0 saturated carbocycles. The van der Waals surface area contributed by atoms with Crippen molar-refractivity contribution in [1.82, 2.24) is 0 Å². The van der Waals surface area contributed by atoms with Gasteiger partial charge in [-0.3, -0.25) is 0 Å². The number of β-amino-alcohol motifs (C(OH)–C–C–N with tert-alkyl or cyclic N) is 1. The molecule has 0 aromatic heterocycles. The number of aliphatic hydroxyl groups excluding tert-OH is 1. The Balaban J connectivity index is 1.84. The maximum atomic E-state index is 9.69. The van der Waals surface area contributed by atoms with Crippen LogP contribution in [0, 0.1) is 0 Å². The molecule has 0 radical (unpaired) electrons. The molecule has 1 aliphatic heterocycles. The van der Waals surface area contributed by atoms with Gasteiger partial charge in [0.05, 0.1) is 25.9 Å². The maximum absolute atomic E-state index is 9.69. The summed E-state index contributed by atoms with van der Waals surface area (Å²) in [5.74, 6) is 1.65. The first-order valence-electron chi connectivity index (χ1n) is 7.68. The van der Waals surface area contributed by atoms with E-state index in [1.54, 1.807) is 19.2 Å². The first kappa shape index (κ1) is 15.5. The van der Waals surface area contributed by atoms with Crippen LogP contribution in [0.2, 0.25) is 0 Å². The number of hydrogen-bond acceptors (Lipinski definition) is 5. The van der Waals surface area contributed by atoms with Crippen LogP contribution in [0.4, 0.5) is 5.69 Å². The summed E-state index contributed by atoms with van der Waals surface area (Å²) in [4.78, 5) is 2.08. The highest BCUT2D eigenvalue weighted by Crippen LogP contribution is 2.37. The highest BCUT2D eigenvalue weighted by molar-refractivity contribution is 5.62. The SMILES string of the molecule is COc1ccccc1CC1CN(CCO)c2ccc(O)cc2O1. The number of benzene rings is 2. The van der Waals surface area contributed by atoms with Crippen LogP contribution in [0.1, 0.15) is 5.56 Å². The van der Waals surface area contributed by atoms with E-state index in [1.807, 2.05) is 30.3 Å². The van der Waals surface area contributed by atoms with E-state index in [-0.39, 0.29) is 18.5 Å². The van der Waals surface area contributed by atoms with Crippen LogP contribution >= 0.6 is 0 Å². The zero-order chi connectivity index (χ0) is 16.2. The van der Waals surface area contributed by atoms with Gasteiger partial charge in [0.2, 0.25) is 0 Å². The van der Waals surface area contributed by atoms with E-state index in [0.29, 0.717) is 25.3 Å². The number of rotatable bonds is 5. The molecule has 5 heteroatoms. The molecule has 122 valence electrons. The van der Waals surface area contributed by atoms with Crippen molar-refractivity contribution < 1.29 is 19.7 Å². The summed E-state index contributed by atoms with van der Waals surface area (Å²) in [5, 5.41) is 19.0. The van der Waals surface area contributed by atoms with Gasteiger partial charge in [-0.1, -0.05) is 18.2 Å². The molecule has 1 heterocycles. The lowest BCUT2D eigenvalue weighted by Crippen LogP contribution is -2.42. The number of fused-ring (bicyclic) bond motifs is 1. The fourth-order valence-electron chi connectivity index (χ4n) is 2.97. The number of anilines is 1. The minimum Gasteiger partial charge on any atom is -0.508 e. The first-order chi connectivity index (χ1) is 11.2. The van der Waals surface area contributed by atoms with E-state index < -0.39 is 0 Å². The van der Waals surface area contributed by atoms with Crippen molar-refractivity contribution in [2.24, 2.45) is 0 Å². The Morgan fingerprint density at radius 2 is 2.09 bits per heavy atom. The van der Waals surface area contributed by atoms with Crippen LogP contribution in [-0.2, 0) is 6.42 Å². The fraction of sp³-hybridized carbons (Fsp3) is 0.333. The Hall–Kier alpha value is -2.40. The van der Waals surface area contributed by atoms with E-state index in [1.165, 1.54) is 0 Å². The van der Waals surface area contributed by atoms with Gasteiger partial charge in [0, 0.05) is 19.0 Å². The molecule has 0 spiro atoms. The van der Waals surface area contributed by atoms with E-state index in [2.05, 4.69) is 4.90 Å². The largest absolute Gasteiger partial charge is 0.508 e. The standard InChI is InChI=1S/C18H21NO4/c1-22-17-5-3-2-4-13(17)10-15-12-19(8-9-20)16-7-6-14(21)11-18(16)23-15/h2-7,11,15,20-21H,8-10,12H2,1H3. The molecule has 23 heavy (non-hydrogen) atoms. The van der Waals surface area contributed by atoms with Crippen LogP contribution < -0.4 is 14.4 Å². The smallest absolute Gasteiger partial charge is 0.146 e. The van der Waals surface area contributed by atoms with Gasteiger partial charge < -0.3 is 24.6 Å². The quantitative estimate of drug-likeness (QED) is 0.886. The summed E-state index contributed by atoms with van der Waals surface area (Å²) in [6.45, 7) is 1.28. The van der Waals surface area contributed by atoms with Crippen LogP contribution in [0.25, 0.3) is 0 Å². The number of aromatic hydroxyl groups is 1. The average molecular weight is 315 g/mol. The van der Waals surface area contributed by atoms with Crippen molar-refractivity contribution in [2.45, 2.75) is 12.5 Å². The molecule has 0 bridgehead atoms. The molecular weight excluding hydrogens is 294 g/mol. The van der Waals surface area contributed by atoms with Crippen molar-refractivity contribution in [3.8, 4) is 17.2 Å². The van der Waals surface area contributed by atoms with Crippen LogP contribution in [0.15, 0.2) is 42.5 Å². The molecule has 3 rings (SSSR count). The van der Waals surface area contributed by atoms with Gasteiger partial charge in [-0.15, -0.1) is 0 Å². The summed E-state index contributed by atoms with van der Waals surface area (Å²) in [7, 11) is 1.66. The normalized spacial score (nSPS) is 16.6. The molecule has 2 aromatic carbocycles. The Morgan fingerprint density at radius 3 is 2.87 bits per heavy atom. The second-order valence-electron chi connectivity index (χ2n) is 5.58. The minimum atomic E-state index is -0.0767. The number of phenols is 1. The number of methoxy groups -OCH3 is 1. The molecule has 1 atom stereocenters. The van der Waals surface area contributed by atoms with Gasteiger partial charge in [0.15, 0.2) is 0 Å². The van der Waals surface area contributed by atoms with Gasteiger partial charge in [-0.25, -0.2) is 0 Å².